The molecule has 5 heteroatoms. The average Bonchev–Trinajstić information content (AvgIpc) is 2.38. The number of rotatable bonds is 3. The number of pyridine rings is 1. The van der Waals surface area contributed by atoms with Gasteiger partial charge in [0, 0.05) is 29.5 Å². The number of nitrogen functional groups attached to an aromatic ring is 1. The summed E-state index contributed by atoms with van der Waals surface area (Å²) in [5, 5.41) is 6.73. The lowest BCUT2D eigenvalue weighted by molar-refractivity contribution is -0.121. The molecule has 0 saturated carbocycles. The number of amides is 1. The molecule has 0 saturated heterocycles. The van der Waals surface area contributed by atoms with Crippen LogP contribution in [0.1, 0.15) is 12.6 Å². The zero-order valence-corrected chi connectivity index (χ0v) is 11.3. The van der Waals surface area contributed by atoms with Crippen LogP contribution in [0.15, 0.2) is 24.3 Å². The minimum absolute atomic E-state index is 0.0634. The van der Waals surface area contributed by atoms with Crippen molar-refractivity contribution < 1.29 is 4.79 Å². The van der Waals surface area contributed by atoms with E-state index < -0.39 is 0 Å². The smallest absolute Gasteiger partial charge is 0.241 e. The van der Waals surface area contributed by atoms with Crippen molar-refractivity contribution in [3.05, 3.63) is 30.0 Å². The first-order valence-electron chi connectivity index (χ1n) is 6.16. The maximum Gasteiger partial charge on any atom is 0.241 e. The summed E-state index contributed by atoms with van der Waals surface area (Å²) in [6, 6.07) is 7.16. The number of aromatic nitrogens is 1. The Morgan fingerprint density at radius 2 is 2.11 bits per heavy atom. The maximum absolute atomic E-state index is 11.6. The van der Waals surface area contributed by atoms with E-state index in [-0.39, 0.29) is 11.9 Å². The minimum Gasteiger partial charge on any atom is -0.399 e. The Hall–Kier alpha value is -2.30. The van der Waals surface area contributed by atoms with E-state index in [1.807, 2.05) is 38.1 Å². The molecule has 0 aliphatic rings. The Balaban J connectivity index is 2.46. The first-order valence-corrected chi connectivity index (χ1v) is 6.16. The predicted molar refractivity (Wildman–Crippen MR) is 78.0 cm³/mol. The summed E-state index contributed by atoms with van der Waals surface area (Å²) in [5.74, 6) is -0.0634. The second kappa shape index (κ2) is 5.14. The molecular formula is C14H18N4O. The standard InChI is InChI=1S/C14H18N4O/c1-8-6-13(18-9(2)14(19)16-3)11-7-10(15)4-5-12(11)17-8/h4-7,9H,15H2,1-3H3,(H,16,19)(H,17,18). The van der Waals surface area contributed by atoms with E-state index in [0.717, 1.165) is 22.3 Å². The molecule has 1 atom stereocenters. The fraction of sp³-hybridized carbons (Fsp3) is 0.286. The molecule has 0 aliphatic heterocycles. The van der Waals surface area contributed by atoms with Crippen molar-refractivity contribution in [1.82, 2.24) is 10.3 Å². The SMILES string of the molecule is CNC(=O)C(C)Nc1cc(C)nc2ccc(N)cc12. The van der Waals surface area contributed by atoms with Crippen molar-refractivity contribution in [2.45, 2.75) is 19.9 Å². The first kappa shape index (κ1) is 13.1. The van der Waals surface area contributed by atoms with E-state index in [4.69, 9.17) is 5.73 Å². The first-order chi connectivity index (χ1) is 9.01. The number of likely N-dealkylation sites (N-methyl/N-ethyl adjacent to an activating group) is 1. The molecule has 0 bridgehead atoms. The van der Waals surface area contributed by atoms with Crippen LogP contribution in [-0.2, 0) is 4.79 Å². The van der Waals surface area contributed by atoms with Crippen LogP contribution in [0.4, 0.5) is 11.4 Å². The molecule has 19 heavy (non-hydrogen) atoms. The third kappa shape index (κ3) is 2.76. The highest BCUT2D eigenvalue weighted by atomic mass is 16.2. The third-order valence-corrected chi connectivity index (χ3v) is 2.97. The van der Waals surface area contributed by atoms with Crippen molar-refractivity contribution in [3.8, 4) is 0 Å². The van der Waals surface area contributed by atoms with E-state index in [0.29, 0.717) is 5.69 Å². The van der Waals surface area contributed by atoms with Crippen molar-refractivity contribution in [3.63, 3.8) is 0 Å². The van der Waals surface area contributed by atoms with Crippen LogP contribution in [0.25, 0.3) is 10.9 Å². The van der Waals surface area contributed by atoms with Gasteiger partial charge in [0.15, 0.2) is 0 Å². The highest BCUT2D eigenvalue weighted by Gasteiger charge is 2.13. The molecule has 2 rings (SSSR count). The van der Waals surface area contributed by atoms with Gasteiger partial charge in [-0.3, -0.25) is 9.78 Å². The molecule has 1 unspecified atom stereocenters. The topological polar surface area (TPSA) is 80.0 Å². The van der Waals surface area contributed by atoms with E-state index in [9.17, 15) is 4.79 Å². The number of nitrogens with zero attached hydrogens (tertiary/aromatic N) is 1. The van der Waals surface area contributed by atoms with E-state index in [2.05, 4.69) is 15.6 Å². The molecule has 2 aromatic rings. The Kier molecular flexibility index (Phi) is 3.55. The molecule has 4 N–H and O–H groups in total. The maximum atomic E-state index is 11.6. The molecular weight excluding hydrogens is 240 g/mol. The quantitative estimate of drug-likeness (QED) is 0.732. The normalized spacial score (nSPS) is 12.2. The van der Waals surface area contributed by atoms with Gasteiger partial charge in [0.2, 0.25) is 5.91 Å². The molecule has 1 amide bonds. The van der Waals surface area contributed by atoms with Gasteiger partial charge in [0.05, 0.1) is 5.52 Å². The van der Waals surface area contributed by atoms with Gasteiger partial charge in [-0.15, -0.1) is 0 Å². The molecule has 0 fully saturated rings. The molecule has 0 spiro atoms. The summed E-state index contributed by atoms with van der Waals surface area (Å²) in [7, 11) is 1.62. The van der Waals surface area contributed by atoms with Gasteiger partial charge >= 0.3 is 0 Å². The Bertz CT molecular complexity index is 624. The van der Waals surface area contributed by atoms with Crippen LogP contribution >= 0.6 is 0 Å². The largest absolute Gasteiger partial charge is 0.399 e. The zero-order valence-electron chi connectivity index (χ0n) is 11.3. The van der Waals surface area contributed by atoms with Gasteiger partial charge in [0.25, 0.3) is 0 Å². The number of nitrogens with one attached hydrogen (secondary N) is 2. The molecule has 1 heterocycles. The molecule has 0 aliphatic carbocycles. The number of nitrogens with two attached hydrogens (primary N) is 1. The molecule has 0 radical (unpaired) electrons. The molecule has 100 valence electrons. The summed E-state index contributed by atoms with van der Waals surface area (Å²) >= 11 is 0. The number of carbonyl (C=O) groups excluding carboxylic acids is 1. The predicted octanol–water partition coefficient (Wildman–Crippen LogP) is 1.67. The van der Waals surface area contributed by atoms with Crippen LogP contribution < -0.4 is 16.4 Å². The summed E-state index contributed by atoms with van der Waals surface area (Å²) in [5.41, 5.74) is 9.11. The lowest BCUT2D eigenvalue weighted by atomic mass is 10.1. The monoisotopic (exact) mass is 258 g/mol. The zero-order chi connectivity index (χ0) is 14.0. The van der Waals surface area contributed by atoms with Gasteiger partial charge in [-0.1, -0.05) is 0 Å². The lowest BCUT2D eigenvalue weighted by Gasteiger charge is -2.16. The van der Waals surface area contributed by atoms with Crippen LogP contribution in [0.3, 0.4) is 0 Å². The summed E-state index contributed by atoms with van der Waals surface area (Å²) in [6.07, 6.45) is 0. The van der Waals surface area contributed by atoms with Crippen LogP contribution in [-0.4, -0.2) is 24.0 Å². The van der Waals surface area contributed by atoms with Gasteiger partial charge in [0.1, 0.15) is 6.04 Å². The fourth-order valence-corrected chi connectivity index (χ4v) is 2.01. The van der Waals surface area contributed by atoms with Crippen LogP contribution in [0.5, 0.6) is 0 Å². The minimum atomic E-state index is -0.323. The number of benzene rings is 1. The highest BCUT2D eigenvalue weighted by Crippen LogP contribution is 2.25. The number of carbonyl (C=O) groups is 1. The van der Waals surface area contributed by atoms with Crippen molar-refractivity contribution in [2.75, 3.05) is 18.1 Å². The number of hydrogen-bond donors (Lipinski definition) is 3. The Morgan fingerprint density at radius 3 is 2.79 bits per heavy atom. The summed E-state index contributed by atoms with van der Waals surface area (Å²) < 4.78 is 0. The highest BCUT2D eigenvalue weighted by molar-refractivity contribution is 5.95. The number of fused-ring (bicyclic) bond motifs is 1. The molecule has 1 aromatic heterocycles. The third-order valence-electron chi connectivity index (χ3n) is 2.97. The van der Waals surface area contributed by atoms with Gasteiger partial charge < -0.3 is 16.4 Å². The molecule has 5 nitrogen and oxygen atoms in total. The number of anilines is 2. The number of hydrogen-bond acceptors (Lipinski definition) is 4. The second-order valence-corrected chi connectivity index (χ2v) is 4.57. The summed E-state index contributed by atoms with van der Waals surface area (Å²) in [6.45, 7) is 3.73. The van der Waals surface area contributed by atoms with Crippen molar-refractivity contribution in [2.24, 2.45) is 0 Å². The van der Waals surface area contributed by atoms with Crippen LogP contribution in [0.2, 0.25) is 0 Å². The average molecular weight is 258 g/mol. The molecule has 1 aromatic carbocycles. The van der Waals surface area contributed by atoms with E-state index in [1.54, 1.807) is 7.05 Å². The second-order valence-electron chi connectivity index (χ2n) is 4.57. The lowest BCUT2D eigenvalue weighted by Crippen LogP contribution is -2.35. The Morgan fingerprint density at radius 1 is 1.37 bits per heavy atom. The van der Waals surface area contributed by atoms with Crippen molar-refractivity contribution in [1.29, 1.82) is 0 Å². The van der Waals surface area contributed by atoms with E-state index in [1.165, 1.54) is 0 Å². The van der Waals surface area contributed by atoms with Gasteiger partial charge in [-0.05, 0) is 38.1 Å². The van der Waals surface area contributed by atoms with Crippen molar-refractivity contribution >= 4 is 28.2 Å². The van der Waals surface area contributed by atoms with Gasteiger partial charge in [-0.2, -0.15) is 0 Å². The van der Waals surface area contributed by atoms with Gasteiger partial charge in [-0.25, -0.2) is 0 Å². The Labute approximate surface area is 112 Å². The number of aryl methyl sites for hydroxylation is 1. The van der Waals surface area contributed by atoms with E-state index >= 15 is 0 Å². The fourth-order valence-electron chi connectivity index (χ4n) is 2.01. The van der Waals surface area contributed by atoms with Crippen LogP contribution in [0, 0.1) is 6.92 Å². The summed E-state index contributed by atoms with van der Waals surface area (Å²) in [4.78, 5) is 16.0.